The predicted octanol–water partition coefficient (Wildman–Crippen LogP) is 3.59. The predicted molar refractivity (Wildman–Crippen MR) is 95.6 cm³/mol. The van der Waals surface area contributed by atoms with Gasteiger partial charge in [-0.05, 0) is 31.2 Å². The van der Waals surface area contributed by atoms with Gasteiger partial charge >= 0.3 is 6.29 Å². The minimum Gasteiger partial charge on any atom is -0.395 e. The number of aromatic amines is 1. The van der Waals surface area contributed by atoms with E-state index < -0.39 is 6.29 Å². The van der Waals surface area contributed by atoms with Crippen LogP contribution in [-0.2, 0) is 0 Å². The van der Waals surface area contributed by atoms with Gasteiger partial charge in [-0.3, -0.25) is 10.1 Å². The first-order chi connectivity index (χ1) is 12.8. The van der Waals surface area contributed by atoms with Crippen LogP contribution in [0.4, 0.5) is 20.4 Å². The normalized spacial score (nSPS) is 14.4. The molecule has 9 heteroatoms. The highest BCUT2D eigenvalue weighted by atomic mass is 19.3. The lowest BCUT2D eigenvalue weighted by atomic mass is 10.2. The Morgan fingerprint density at radius 3 is 2.56 bits per heavy atom. The van der Waals surface area contributed by atoms with Crippen molar-refractivity contribution < 1.29 is 23.0 Å². The molecule has 0 saturated heterocycles. The number of benzene rings is 2. The molecular formula is C18H16F2N4O3. The number of nitrogens with zero attached hydrogens (tertiary/aromatic N) is 2. The zero-order valence-corrected chi connectivity index (χ0v) is 14.5. The van der Waals surface area contributed by atoms with Gasteiger partial charge in [0.25, 0.3) is 5.91 Å². The largest absolute Gasteiger partial charge is 0.586 e. The van der Waals surface area contributed by atoms with E-state index in [1.165, 1.54) is 12.1 Å². The molecule has 1 aliphatic rings. The Morgan fingerprint density at radius 2 is 1.89 bits per heavy atom. The van der Waals surface area contributed by atoms with Gasteiger partial charge < -0.3 is 19.4 Å². The first kappa shape index (κ1) is 17.1. The number of fused-ring (bicyclic) bond motifs is 2. The molecule has 0 spiro atoms. The van der Waals surface area contributed by atoms with Crippen molar-refractivity contribution in [2.45, 2.75) is 13.2 Å². The number of hydrogen-bond acceptors (Lipinski definition) is 5. The summed E-state index contributed by atoms with van der Waals surface area (Å²) in [5, 5.41) is 2.65. The number of aromatic nitrogens is 2. The molecule has 0 aliphatic carbocycles. The molecule has 2 N–H and O–H groups in total. The van der Waals surface area contributed by atoms with Gasteiger partial charge in [0.1, 0.15) is 0 Å². The summed E-state index contributed by atoms with van der Waals surface area (Å²) in [6, 6.07) is 9.83. The molecule has 0 radical (unpaired) electrons. The summed E-state index contributed by atoms with van der Waals surface area (Å²) in [6.45, 7) is 2.89. The molecule has 0 unspecified atom stereocenters. The number of hydrogen-bond donors (Lipinski definition) is 2. The lowest BCUT2D eigenvalue weighted by molar-refractivity contribution is -0.286. The second-order valence-electron chi connectivity index (χ2n) is 6.08. The Morgan fingerprint density at radius 1 is 1.22 bits per heavy atom. The molecular weight excluding hydrogens is 358 g/mol. The Balaban J connectivity index is 1.53. The Kier molecular flexibility index (Phi) is 3.87. The number of rotatable bonds is 4. The van der Waals surface area contributed by atoms with Gasteiger partial charge in [-0.2, -0.15) is 0 Å². The number of imidazole rings is 1. The van der Waals surface area contributed by atoms with Crippen LogP contribution in [0.1, 0.15) is 17.3 Å². The molecule has 3 aromatic rings. The number of alkyl halides is 2. The molecule has 1 aliphatic heterocycles. The number of carbonyl (C=O) groups is 1. The van der Waals surface area contributed by atoms with Crippen LogP contribution >= 0.6 is 0 Å². The highest BCUT2D eigenvalue weighted by molar-refractivity contribution is 6.04. The molecule has 2 aromatic carbocycles. The number of amides is 1. The highest BCUT2D eigenvalue weighted by Crippen LogP contribution is 2.42. The summed E-state index contributed by atoms with van der Waals surface area (Å²) in [5.74, 6) is -0.344. The summed E-state index contributed by atoms with van der Waals surface area (Å²) in [6.07, 6.45) is -3.68. The van der Waals surface area contributed by atoms with Crippen molar-refractivity contribution in [3.63, 3.8) is 0 Å². The second kappa shape index (κ2) is 6.11. The highest BCUT2D eigenvalue weighted by Gasteiger charge is 2.43. The lowest BCUT2D eigenvalue weighted by Crippen LogP contribution is -2.25. The molecule has 140 valence electrons. The fourth-order valence-electron chi connectivity index (χ4n) is 2.74. The van der Waals surface area contributed by atoms with E-state index >= 15 is 0 Å². The van der Waals surface area contributed by atoms with Crippen LogP contribution in [0, 0.1) is 0 Å². The van der Waals surface area contributed by atoms with Crippen molar-refractivity contribution >= 4 is 28.6 Å². The summed E-state index contributed by atoms with van der Waals surface area (Å²) in [7, 11) is 1.96. The SMILES string of the molecule is CCN(C)c1ccc(C(=O)Nc2nc3cc4c(cc3[nH]2)OC(F)(F)O4)cc1. The average molecular weight is 374 g/mol. The van der Waals surface area contributed by atoms with Crippen molar-refractivity contribution in [3.8, 4) is 11.5 Å². The standard InChI is InChI=1S/C18H16F2N4O3/c1-3-24(2)11-6-4-10(5-7-11)16(25)23-17-21-12-8-14-15(9-13(12)22-17)27-18(19,20)26-14/h4-9H,3H2,1-2H3,(H2,21,22,23,25). The molecule has 1 amide bonds. The van der Waals surface area contributed by atoms with Crippen LogP contribution in [0.5, 0.6) is 11.5 Å². The van der Waals surface area contributed by atoms with Crippen molar-refractivity contribution in [1.29, 1.82) is 0 Å². The van der Waals surface area contributed by atoms with Crippen LogP contribution in [0.3, 0.4) is 0 Å². The molecule has 7 nitrogen and oxygen atoms in total. The summed E-state index contributed by atoms with van der Waals surface area (Å²) < 4.78 is 35.0. The molecule has 1 aromatic heterocycles. The first-order valence-corrected chi connectivity index (χ1v) is 8.27. The van der Waals surface area contributed by atoms with Gasteiger partial charge in [-0.15, -0.1) is 8.78 Å². The molecule has 0 atom stereocenters. The summed E-state index contributed by atoms with van der Waals surface area (Å²) in [5.41, 5.74) is 2.28. The van der Waals surface area contributed by atoms with Gasteiger partial charge in [0.15, 0.2) is 11.5 Å². The lowest BCUT2D eigenvalue weighted by Gasteiger charge is -2.16. The minimum atomic E-state index is -3.68. The number of H-pyrrole nitrogens is 1. The fraction of sp³-hybridized carbons (Fsp3) is 0.222. The van der Waals surface area contributed by atoms with Gasteiger partial charge in [0.2, 0.25) is 5.95 Å². The van der Waals surface area contributed by atoms with Crippen LogP contribution < -0.4 is 19.7 Å². The third kappa shape index (κ3) is 3.23. The summed E-state index contributed by atoms with van der Waals surface area (Å²) in [4.78, 5) is 21.5. The molecule has 0 saturated carbocycles. The van der Waals surface area contributed by atoms with Gasteiger partial charge in [-0.1, -0.05) is 0 Å². The van der Waals surface area contributed by atoms with E-state index in [0.29, 0.717) is 16.6 Å². The second-order valence-corrected chi connectivity index (χ2v) is 6.08. The molecule has 0 bridgehead atoms. The number of anilines is 2. The Hall–Kier alpha value is -3.36. The van der Waals surface area contributed by atoms with E-state index in [0.717, 1.165) is 12.2 Å². The van der Waals surface area contributed by atoms with Crippen molar-refractivity contribution in [2.24, 2.45) is 0 Å². The smallest absolute Gasteiger partial charge is 0.395 e. The van der Waals surface area contributed by atoms with Crippen LogP contribution in [0.15, 0.2) is 36.4 Å². The first-order valence-electron chi connectivity index (χ1n) is 8.27. The van der Waals surface area contributed by atoms with Crippen LogP contribution in [0.25, 0.3) is 11.0 Å². The van der Waals surface area contributed by atoms with Gasteiger partial charge in [-0.25, -0.2) is 4.98 Å². The number of ether oxygens (including phenoxy) is 2. The van der Waals surface area contributed by atoms with E-state index in [-0.39, 0.29) is 23.4 Å². The number of carbonyl (C=O) groups excluding carboxylic acids is 1. The van der Waals surface area contributed by atoms with E-state index in [2.05, 4.69) is 24.8 Å². The quantitative estimate of drug-likeness (QED) is 0.730. The average Bonchev–Trinajstić information content (AvgIpc) is 3.15. The van der Waals surface area contributed by atoms with Crippen molar-refractivity contribution in [3.05, 3.63) is 42.0 Å². The fourth-order valence-corrected chi connectivity index (χ4v) is 2.74. The Bertz CT molecular complexity index is 972. The number of nitrogens with one attached hydrogen (secondary N) is 2. The summed E-state index contributed by atoms with van der Waals surface area (Å²) >= 11 is 0. The third-order valence-electron chi connectivity index (χ3n) is 4.28. The van der Waals surface area contributed by atoms with Crippen LogP contribution in [0.2, 0.25) is 0 Å². The number of halogens is 2. The van der Waals surface area contributed by atoms with E-state index in [1.807, 2.05) is 31.0 Å². The molecule has 4 rings (SSSR count). The van der Waals surface area contributed by atoms with E-state index in [4.69, 9.17) is 0 Å². The maximum atomic E-state index is 13.1. The van der Waals surface area contributed by atoms with Crippen molar-refractivity contribution in [2.75, 3.05) is 23.8 Å². The topological polar surface area (TPSA) is 79.5 Å². The van der Waals surface area contributed by atoms with Crippen molar-refractivity contribution in [1.82, 2.24) is 9.97 Å². The zero-order chi connectivity index (χ0) is 19.2. The van der Waals surface area contributed by atoms with E-state index in [1.54, 1.807) is 12.1 Å². The minimum absolute atomic E-state index is 0.0929. The molecule has 27 heavy (non-hydrogen) atoms. The zero-order valence-electron chi connectivity index (χ0n) is 14.5. The van der Waals surface area contributed by atoms with Gasteiger partial charge in [0, 0.05) is 37.0 Å². The molecule has 0 fully saturated rings. The third-order valence-corrected chi connectivity index (χ3v) is 4.28. The molecule has 2 heterocycles. The van der Waals surface area contributed by atoms with Crippen LogP contribution in [-0.4, -0.2) is 35.8 Å². The van der Waals surface area contributed by atoms with E-state index in [9.17, 15) is 13.6 Å². The monoisotopic (exact) mass is 374 g/mol. The maximum Gasteiger partial charge on any atom is 0.586 e. The Labute approximate surface area is 152 Å². The maximum absolute atomic E-state index is 13.1. The van der Waals surface area contributed by atoms with Gasteiger partial charge in [0.05, 0.1) is 11.0 Å².